The number of amides is 2. The van der Waals surface area contributed by atoms with E-state index >= 15 is 0 Å². The van der Waals surface area contributed by atoms with E-state index in [0.29, 0.717) is 42.8 Å². The number of carbonyl (C=O) groups is 2. The van der Waals surface area contributed by atoms with Crippen molar-refractivity contribution >= 4 is 34.0 Å². The van der Waals surface area contributed by atoms with Crippen LogP contribution in [-0.2, 0) is 22.7 Å². The van der Waals surface area contributed by atoms with E-state index in [-0.39, 0.29) is 24.4 Å². The van der Waals surface area contributed by atoms with E-state index in [2.05, 4.69) is 15.4 Å². The van der Waals surface area contributed by atoms with Gasteiger partial charge >= 0.3 is 0 Å². The second kappa shape index (κ2) is 7.98. The summed E-state index contributed by atoms with van der Waals surface area (Å²) in [5, 5.41) is 25.7. The van der Waals surface area contributed by atoms with Gasteiger partial charge in [0.1, 0.15) is 5.65 Å². The lowest BCUT2D eigenvalue weighted by Gasteiger charge is -2.02. The highest BCUT2D eigenvalue weighted by molar-refractivity contribution is 6.49. The van der Waals surface area contributed by atoms with Gasteiger partial charge in [-0.3, -0.25) is 19.6 Å². The Morgan fingerprint density at radius 3 is 2.55 bits per heavy atom. The summed E-state index contributed by atoms with van der Waals surface area (Å²) in [7, 11) is 0. The topological polar surface area (TPSA) is 122 Å². The molecule has 0 aliphatic carbocycles. The van der Waals surface area contributed by atoms with Crippen LogP contribution in [-0.4, -0.2) is 54.6 Å². The van der Waals surface area contributed by atoms with Crippen molar-refractivity contribution in [3.05, 3.63) is 48.0 Å². The van der Waals surface area contributed by atoms with E-state index in [0.717, 1.165) is 5.39 Å². The molecule has 2 amide bonds. The molecule has 3 aromatic rings. The van der Waals surface area contributed by atoms with Gasteiger partial charge in [-0.25, -0.2) is 4.98 Å². The van der Waals surface area contributed by atoms with Gasteiger partial charge in [0.05, 0.1) is 16.8 Å². The molecule has 9 nitrogen and oxygen atoms in total. The van der Waals surface area contributed by atoms with Crippen molar-refractivity contribution in [2.75, 3.05) is 13.2 Å². The van der Waals surface area contributed by atoms with E-state index < -0.39 is 11.8 Å². The first-order valence-corrected chi connectivity index (χ1v) is 9.43. The largest absolute Gasteiger partial charge is 0.396 e. The molecule has 0 saturated heterocycles. The van der Waals surface area contributed by atoms with Crippen LogP contribution < -0.4 is 5.32 Å². The number of aryl methyl sites for hydroxylation is 2. The summed E-state index contributed by atoms with van der Waals surface area (Å²) >= 11 is 0. The zero-order chi connectivity index (χ0) is 20.4. The zero-order valence-corrected chi connectivity index (χ0v) is 15.7. The van der Waals surface area contributed by atoms with Gasteiger partial charge in [0.15, 0.2) is 0 Å². The summed E-state index contributed by atoms with van der Waals surface area (Å²) in [5.74, 6) is -0.961. The van der Waals surface area contributed by atoms with Crippen molar-refractivity contribution in [3.63, 3.8) is 0 Å². The first-order valence-electron chi connectivity index (χ1n) is 9.43. The Morgan fingerprint density at radius 1 is 1.00 bits per heavy atom. The van der Waals surface area contributed by atoms with Gasteiger partial charge < -0.3 is 14.8 Å². The molecule has 4 heterocycles. The predicted molar refractivity (Wildman–Crippen MR) is 105 cm³/mol. The third-order valence-corrected chi connectivity index (χ3v) is 4.83. The van der Waals surface area contributed by atoms with Gasteiger partial charge in [-0.05, 0) is 31.0 Å². The number of carbonyl (C=O) groups excluding carboxylic acids is 2. The maximum Gasteiger partial charge on any atom is 0.261 e. The Bertz CT molecular complexity index is 1110. The van der Waals surface area contributed by atoms with E-state index in [1.807, 2.05) is 10.6 Å². The standard InChI is InChI=1S/C20H21N5O4/c26-10-2-7-24-12-14(13-4-1-6-21-18(13)24)16-17(20(29)22-19(16)28)15-5-9-25(23-15)8-3-11-27/h1,4-6,9,12,26-27H,2-3,7-8,10-11H2,(H,22,28,29). The molecular weight excluding hydrogens is 374 g/mol. The molecule has 9 heteroatoms. The number of hydrogen-bond acceptors (Lipinski definition) is 6. The van der Waals surface area contributed by atoms with Crippen molar-refractivity contribution in [2.45, 2.75) is 25.9 Å². The lowest BCUT2D eigenvalue weighted by Crippen LogP contribution is -2.22. The molecular formula is C20H21N5O4. The highest BCUT2D eigenvalue weighted by Crippen LogP contribution is 2.35. The molecule has 0 radical (unpaired) electrons. The number of hydrogen-bond donors (Lipinski definition) is 3. The second-order valence-corrected chi connectivity index (χ2v) is 6.76. The van der Waals surface area contributed by atoms with E-state index in [4.69, 9.17) is 5.11 Å². The first-order chi connectivity index (χ1) is 14.1. The summed E-state index contributed by atoms with van der Waals surface area (Å²) in [6, 6.07) is 5.32. The number of fused-ring (bicyclic) bond motifs is 1. The van der Waals surface area contributed by atoms with Crippen molar-refractivity contribution < 1.29 is 19.8 Å². The van der Waals surface area contributed by atoms with Crippen molar-refractivity contribution in [3.8, 4) is 0 Å². The van der Waals surface area contributed by atoms with Gasteiger partial charge in [-0.2, -0.15) is 5.10 Å². The molecule has 0 bridgehead atoms. The van der Waals surface area contributed by atoms with E-state index in [9.17, 15) is 14.7 Å². The van der Waals surface area contributed by atoms with Crippen LogP contribution in [0.5, 0.6) is 0 Å². The number of nitrogens with one attached hydrogen (secondary N) is 1. The van der Waals surface area contributed by atoms with Crippen LogP contribution in [0.2, 0.25) is 0 Å². The van der Waals surface area contributed by atoms with Crippen LogP contribution in [0.1, 0.15) is 24.1 Å². The number of pyridine rings is 1. The summed E-state index contributed by atoms with van der Waals surface area (Å²) in [5.41, 5.74) is 2.19. The minimum absolute atomic E-state index is 0.0417. The molecule has 3 N–H and O–H groups in total. The summed E-state index contributed by atoms with van der Waals surface area (Å²) in [4.78, 5) is 29.7. The molecule has 0 saturated carbocycles. The van der Waals surface area contributed by atoms with Crippen LogP contribution in [0.3, 0.4) is 0 Å². The maximum absolute atomic E-state index is 12.7. The average Bonchev–Trinajstić information content (AvgIpc) is 3.40. The minimum Gasteiger partial charge on any atom is -0.396 e. The highest BCUT2D eigenvalue weighted by atomic mass is 16.3. The third kappa shape index (κ3) is 3.45. The first kappa shape index (κ1) is 19.0. The molecule has 0 unspecified atom stereocenters. The monoisotopic (exact) mass is 395 g/mol. The lowest BCUT2D eigenvalue weighted by atomic mass is 10.00. The molecule has 0 aromatic carbocycles. The smallest absolute Gasteiger partial charge is 0.261 e. The fourth-order valence-electron chi connectivity index (χ4n) is 3.54. The molecule has 1 aliphatic heterocycles. The fourth-order valence-corrected chi connectivity index (χ4v) is 3.54. The van der Waals surface area contributed by atoms with E-state index in [1.54, 1.807) is 35.4 Å². The zero-order valence-electron chi connectivity index (χ0n) is 15.7. The number of aliphatic hydroxyl groups excluding tert-OH is 2. The summed E-state index contributed by atoms with van der Waals surface area (Å²) < 4.78 is 3.51. The molecule has 150 valence electrons. The highest BCUT2D eigenvalue weighted by Gasteiger charge is 2.35. The second-order valence-electron chi connectivity index (χ2n) is 6.76. The molecule has 0 fully saturated rings. The van der Waals surface area contributed by atoms with Crippen LogP contribution in [0.25, 0.3) is 22.2 Å². The van der Waals surface area contributed by atoms with Gasteiger partial charge in [0.2, 0.25) is 0 Å². The summed E-state index contributed by atoms with van der Waals surface area (Å²) in [6.07, 6.45) is 6.27. The fraction of sp³-hybridized carbons (Fsp3) is 0.300. The normalized spacial score (nSPS) is 14.3. The number of aliphatic hydroxyl groups is 2. The Balaban J connectivity index is 1.85. The van der Waals surface area contributed by atoms with Crippen molar-refractivity contribution in [2.24, 2.45) is 0 Å². The van der Waals surface area contributed by atoms with Crippen LogP contribution in [0.4, 0.5) is 0 Å². The number of imide groups is 1. The Morgan fingerprint density at radius 2 is 1.76 bits per heavy atom. The van der Waals surface area contributed by atoms with Crippen molar-refractivity contribution in [1.82, 2.24) is 24.6 Å². The van der Waals surface area contributed by atoms with Crippen LogP contribution in [0.15, 0.2) is 36.8 Å². The maximum atomic E-state index is 12.7. The molecule has 1 aliphatic rings. The van der Waals surface area contributed by atoms with Gasteiger partial charge in [-0.15, -0.1) is 0 Å². The molecule has 29 heavy (non-hydrogen) atoms. The Labute approximate surface area is 166 Å². The minimum atomic E-state index is -0.488. The van der Waals surface area contributed by atoms with Gasteiger partial charge in [0, 0.05) is 55.8 Å². The van der Waals surface area contributed by atoms with E-state index in [1.165, 1.54) is 0 Å². The number of rotatable bonds is 8. The van der Waals surface area contributed by atoms with Gasteiger partial charge in [-0.1, -0.05) is 0 Å². The third-order valence-electron chi connectivity index (χ3n) is 4.83. The molecule has 0 spiro atoms. The number of nitrogens with zero attached hydrogens (tertiary/aromatic N) is 4. The summed E-state index contributed by atoms with van der Waals surface area (Å²) in [6.45, 7) is 1.14. The van der Waals surface area contributed by atoms with Gasteiger partial charge in [0.25, 0.3) is 11.8 Å². The lowest BCUT2D eigenvalue weighted by molar-refractivity contribution is -0.122. The molecule has 0 atom stereocenters. The average molecular weight is 395 g/mol. The number of aromatic nitrogens is 4. The predicted octanol–water partition coefficient (Wildman–Crippen LogP) is 0.565. The SMILES string of the molecule is O=C1NC(=O)C(c2cn(CCCO)c3ncccc23)=C1c1ccn(CCCO)n1. The van der Waals surface area contributed by atoms with Crippen LogP contribution >= 0.6 is 0 Å². The van der Waals surface area contributed by atoms with Crippen molar-refractivity contribution in [1.29, 1.82) is 0 Å². The quantitative estimate of drug-likeness (QED) is 0.479. The Kier molecular flexibility index (Phi) is 5.24. The molecule has 3 aromatic heterocycles. The molecule has 4 rings (SSSR count). The Hall–Kier alpha value is -3.30. The van der Waals surface area contributed by atoms with Crippen LogP contribution in [0, 0.1) is 0 Å².